The highest BCUT2D eigenvalue weighted by Crippen LogP contribution is 2.26. The van der Waals surface area contributed by atoms with Crippen molar-refractivity contribution < 1.29 is 19.1 Å². The molecule has 0 saturated carbocycles. The van der Waals surface area contributed by atoms with Gasteiger partial charge in [-0.05, 0) is 46.5 Å². The molecule has 1 aromatic carbocycles. The van der Waals surface area contributed by atoms with E-state index < -0.39 is 5.97 Å². The Hall–Kier alpha value is -1.60. The number of hydrogen-bond donors (Lipinski definition) is 2. The van der Waals surface area contributed by atoms with Crippen LogP contribution in [0, 0.1) is 0 Å². The maximum atomic E-state index is 12.1. The quantitative estimate of drug-likeness (QED) is 0.376. The lowest BCUT2D eigenvalue weighted by molar-refractivity contribution is -0.141. The lowest BCUT2D eigenvalue weighted by Crippen LogP contribution is -2.22. The van der Waals surface area contributed by atoms with Crippen molar-refractivity contribution in [2.24, 2.45) is 0 Å². The molecule has 1 rings (SSSR count). The average molecular weight is 401 g/mol. The molecule has 1 aromatic rings. The predicted octanol–water partition coefficient (Wildman–Crippen LogP) is 3.03. The van der Waals surface area contributed by atoms with Gasteiger partial charge in [0.15, 0.2) is 0 Å². The van der Waals surface area contributed by atoms with E-state index in [0.29, 0.717) is 47.8 Å². The molecule has 0 radical (unpaired) electrons. The van der Waals surface area contributed by atoms with Crippen LogP contribution in [0.25, 0.3) is 0 Å². The van der Waals surface area contributed by atoms with Crippen LogP contribution in [0.5, 0.6) is 0 Å². The first kappa shape index (κ1) is 20.4. The first-order valence-corrected chi connectivity index (χ1v) is 8.72. The Kier molecular flexibility index (Phi) is 8.78. The number of nitrogen functional groups attached to an aromatic ring is 1. The number of unbranched alkanes of at least 4 members (excludes halogenated alkanes) is 1. The van der Waals surface area contributed by atoms with Crippen LogP contribution >= 0.6 is 15.9 Å². The minimum absolute atomic E-state index is 0.279. The van der Waals surface area contributed by atoms with E-state index in [2.05, 4.69) is 21.2 Å². The molecule has 3 N–H and O–H groups in total. The fraction of sp³-hybridized carbons (Fsp3) is 0.529. The summed E-state index contributed by atoms with van der Waals surface area (Å²) in [6.45, 7) is 6.64. The van der Waals surface area contributed by atoms with Gasteiger partial charge in [0, 0.05) is 24.0 Å². The van der Waals surface area contributed by atoms with Crippen molar-refractivity contribution in [3.63, 3.8) is 0 Å². The zero-order chi connectivity index (χ0) is 18.1. The topological polar surface area (TPSA) is 90.7 Å². The Morgan fingerprint density at radius 1 is 1.21 bits per heavy atom. The Morgan fingerprint density at radius 2 is 1.83 bits per heavy atom. The van der Waals surface area contributed by atoms with Crippen molar-refractivity contribution in [1.82, 2.24) is 5.32 Å². The number of nitrogens with two attached hydrogens (primary N) is 1. The molecule has 0 saturated heterocycles. The molecule has 0 heterocycles. The molecule has 134 valence electrons. The summed E-state index contributed by atoms with van der Waals surface area (Å²) in [6.07, 6.45) is 1.29. The van der Waals surface area contributed by atoms with E-state index in [4.69, 9.17) is 15.2 Å². The molecule has 0 unspecified atom stereocenters. The second-order valence-electron chi connectivity index (χ2n) is 5.75. The summed E-state index contributed by atoms with van der Waals surface area (Å²) in [6, 6.07) is 3.72. The minimum Gasteiger partial charge on any atom is -0.466 e. The molecule has 0 aliphatic rings. The molecule has 0 atom stereocenters. The van der Waals surface area contributed by atoms with Crippen LogP contribution in [0.15, 0.2) is 16.6 Å². The fourth-order valence-electron chi connectivity index (χ4n) is 1.92. The summed E-state index contributed by atoms with van der Waals surface area (Å²) < 4.78 is 10.7. The van der Waals surface area contributed by atoms with Crippen molar-refractivity contribution in [1.29, 1.82) is 0 Å². The van der Waals surface area contributed by atoms with E-state index in [1.165, 1.54) is 6.92 Å². The molecule has 0 aromatic heterocycles. The average Bonchev–Trinajstić information content (AvgIpc) is 2.51. The summed E-state index contributed by atoms with van der Waals surface area (Å²) in [4.78, 5) is 22.8. The van der Waals surface area contributed by atoms with Gasteiger partial charge in [0.05, 0.1) is 24.5 Å². The van der Waals surface area contributed by atoms with Crippen molar-refractivity contribution in [3.8, 4) is 0 Å². The van der Waals surface area contributed by atoms with E-state index in [0.717, 1.165) is 5.56 Å². The predicted molar refractivity (Wildman–Crippen MR) is 96.7 cm³/mol. The Labute approximate surface area is 151 Å². The molecule has 0 amide bonds. The second kappa shape index (κ2) is 10.3. The highest BCUT2D eigenvalue weighted by molar-refractivity contribution is 9.10. The number of carbonyl (C=O) groups excluding carboxylic acids is 2. The molecule has 7 heteroatoms. The summed E-state index contributed by atoms with van der Waals surface area (Å²) in [5.41, 5.74) is 7.95. The van der Waals surface area contributed by atoms with Gasteiger partial charge in [0.2, 0.25) is 0 Å². The van der Waals surface area contributed by atoms with Crippen LogP contribution in [0.4, 0.5) is 5.69 Å². The summed E-state index contributed by atoms with van der Waals surface area (Å²) in [5.74, 6) is -0.699. The van der Waals surface area contributed by atoms with E-state index in [9.17, 15) is 9.59 Å². The highest BCUT2D eigenvalue weighted by Gasteiger charge is 2.13. The Balaban J connectivity index is 2.55. The smallest absolute Gasteiger partial charge is 0.338 e. The van der Waals surface area contributed by atoms with Crippen LogP contribution in [-0.4, -0.2) is 31.2 Å². The molecule has 0 aliphatic carbocycles. The van der Waals surface area contributed by atoms with Crippen molar-refractivity contribution in [3.05, 3.63) is 27.7 Å². The van der Waals surface area contributed by atoms with E-state index in [-0.39, 0.29) is 12.6 Å². The number of nitrogens with one attached hydrogen (secondary N) is 1. The third kappa shape index (κ3) is 7.31. The lowest BCUT2D eigenvalue weighted by atomic mass is 10.1. The van der Waals surface area contributed by atoms with Gasteiger partial charge in [0.1, 0.15) is 0 Å². The van der Waals surface area contributed by atoms with Crippen LogP contribution in [0.3, 0.4) is 0 Å². The van der Waals surface area contributed by atoms with Gasteiger partial charge in [-0.2, -0.15) is 0 Å². The first-order valence-electron chi connectivity index (χ1n) is 7.93. The van der Waals surface area contributed by atoms with E-state index in [1.807, 2.05) is 13.8 Å². The third-order valence-electron chi connectivity index (χ3n) is 3.23. The molecule has 6 nitrogen and oxygen atoms in total. The van der Waals surface area contributed by atoms with E-state index in [1.54, 1.807) is 12.1 Å². The van der Waals surface area contributed by atoms with Crippen LogP contribution in [0.1, 0.15) is 49.5 Å². The van der Waals surface area contributed by atoms with Gasteiger partial charge < -0.3 is 20.5 Å². The number of rotatable bonds is 9. The summed E-state index contributed by atoms with van der Waals surface area (Å²) in [7, 11) is 0. The zero-order valence-electron chi connectivity index (χ0n) is 14.4. The van der Waals surface area contributed by atoms with Gasteiger partial charge >= 0.3 is 11.9 Å². The molecule has 0 aliphatic heterocycles. The second-order valence-corrected chi connectivity index (χ2v) is 6.60. The maximum Gasteiger partial charge on any atom is 0.338 e. The number of hydrogen-bond acceptors (Lipinski definition) is 6. The summed E-state index contributed by atoms with van der Waals surface area (Å²) >= 11 is 3.38. The molecular formula is C17H25BrN2O4. The van der Waals surface area contributed by atoms with Crippen LogP contribution in [-0.2, 0) is 20.8 Å². The van der Waals surface area contributed by atoms with Gasteiger partial charge in [-0.3, -0.25) is 4.79 Å². The number of halogens is 1. The lowest BCUT2D eigenvalue weighted by Gasteiger charge is -2.13. The number of ether oxygens (including phenoxy) is 2. The number of esters is 2. The Morgan fingerprint density at radius 3 is 2.42 bits per heavy atom. The standard InChI is InChI=1S/C17H25BrN2O4/c1-11(2)20-10-14-8-13(9-15(18)16(14)19)17(22)24-7-5-4-6-23-12(3)21/h8-9,11,20H,4-7,10,19H2,1-3H3. The zero-order valence-corrected chi connectivity index (χ0v) is 15.9. The molecule has 0 fully saturated rings. The summed E-state index contributed by atoms with van der Waals surface area (Å²) in [5, 5.41) is 3.28. The first-order chi connectivity index (χ1) is 11.3. The molecule has 0 spiro atoms. The Bertz CT molecular complexity index is 576. The maximum absolute atomic E-state index is 12.1. The SMILES string of the molecule is CC(=O)OCCCCOC(=O)c1cc(Br)c(N)c(CNC(C)C)c1. The van der Waals surface area contributed by atoms with Crippen LogP contribution in [0.2, 0.25) is 0 Å². The number of anilines is 1. The minimum atomic E-state index is -0.394. The number of carbonyl (C=O) groups is 2. The van der Waals surface area contributed by atoms with Gasteiger partial charge in [-0.15, -0.1) is 0 Å². The van der Waals surface area contributed by atoms with Crippen molar-refractivity contribution >= 4 is 33.6 Å². The van der Waals surface area contributed by atoms with Crippen LogP contribution < -0.4 is 11.1 Å². The fourth-order valence-corrected chi connectivity index (χ4v) is 2.42. The van der Waals surface area contributed by atoms with E-state index >= 15 is 0 Å². The van der Waals surface area contributed by atoms with Crippen molar-refractivity contribution in [2.45, 2.75) is 46.2 Å². The van der Waals surface area contributed by atoms with Gasteiger partial charge in [-0.1, -0.05) is 13.8 Å². The van der Waals surface area contributed by atoms with Gasteiger partial charge in [-0.25, -0.2) is 4.79 Å². The normalized spacial score (nSPS) is 10.7. The van der Waals surface area contributed by atoms with Crippen molar-refractivity contribution in [2.75, 3.05) is 18.9 Å². The third-order valence-corrected chi connectivity index (χ3v) is 3.88. The molecular weight excluding hydrogens is 376 g/mol. The highest BCUT2D eigenvalue weighted by atomic mass is 79.9. The molecule has 24 heavy (non-hydrogen) atoms. The monoisotopic (exact) mass is 400 g/mol. The molecule has 0 bridgehead atoms. The largest absolute Gasteiger partial charge is 0.466 e. The number of benzene rings is 1. The van der Waals surface area contributed by atoms with Gasteiger partial charge in [0.25, 0.3) is 0 Å².